The third-order valence-electron chi connectivity index (χ3n) is 3.87. The van der Waals surface area contributed by atoms with E-state index in [2.05, 4.69) is 11.9 Å². The first-order valence-corrected chi connectivity index (χ1v) is 6.34. The Morgan fingerprint density at radius 1 is 1.38 bits per heavy atom. The Labute approximate surface area is 97.5 Å². The minimum Gasteiger partial charge on any atom is -0.450 e. The average molecular weight is 226 g/mol. The van der Waals surface area contributed by atoms with Crippen molar-refractivity contribution < 1.29 is 9.53 Å². The van der Waals surface area contributed by atoms with E-state index in [4.69, 9.17) is 4.74 Å². The minimum atomic E-state index is -0.130. The van der Waals surface area contributed by atoms with Crippen molar-refractivity contribution in [3.05, 3.63) is 0 Å². The number of likely N-dealkylation sites (tertiary alicyclic amines) is 2. The van der Waals surface area contributed by atoms with E-state index >= 15 is 0 Å². The lowest BCUT2D eigenvalue weighted by molar-refractivity contribution is 0.0304. The first kappa shape index (κ1) is 11.7. The van der Waals surface area contributed by atoms with E-state index < -0.39 is 0 Å². The van der Waals surface area contributed by atoms with Crippen LogP contribution in [-0.2, 0) is 4.74 Å². The molecule has 4 heteroatoms. The SMILES string of the molecule is CCOC(=O)N1CCC2C(CCCN2C)C1. The molecule has 0 aromatic heterocycles. The fourth-order valence-corrected chi connectivity index (χ4v) is 3.03. The molecule has 2 heterocycles. The van der Waals surface area contributed by atoms with Crippen LogP contribution in [0.1, 0.15) is 26.2 Å². The van der Waals surface area contributed by atoms with Crippen LogP contribution in [0, 0.1) is 5.92 Å². The standard InChI is InChI=1S/C12H22N2O2/c1-3-16-12(15)14-8-6-11-10(9-14)5-4-7-13(11)2/h10-11H,3-9H2,1-2H3. The molecule has 0 spiro atoms. The monoisotopic (exact) mass is 226 g/mol. The molecule has 92 valence electrons. The molecule has 2 aliphatic heterocycles. The number of fused-ring (bicyclic) bond motifs is 1. The van der Waals surface area contributed by atoms with Gasteiger partial charge in [0.1, 0.15) is 0 Å². The van der Waals surface area contributed by atoms with Gasteiger partial charge < -0.3 is 14.5 Å². The molecule has 0 saturated carbocycles. The third kappa shape index (κ3) is 2.32. The topological polar surface area (TPSA) is 32.8 Å². The maximum atomic E-state index is 11.6. The summed E-state index contributed by atoms with van der Waals surface area (Å²) in [5.41, 5.74) is 0. The van der Waals surface area contributed by atoms with E-state index in [9.17, 15) is 4.79 Å². The van der Waals surface area contributed by atoms with Crippen LogP contribution in [0.5, 0.6) is 0 Å². The van der Waals surface area contributed by atoms with Crippen molar-refractivity contribution >= 4 is 6.09 Å². The first-order valence-electron chi connectivity index (χ1n) is 6.34. The van der Waals surface area contributed by atoms with Crippen LogP contribution in [0.4, 0.5) is 4.79 Å². The van der Waals surface area contributed by atoms with Crippen LogP contribution in [0.3, 0.4) is 0 Å². The van der Waals surface area contributed by atoms with Crippen molar-refractivity contribution in [2.75, 3.05) is 33.3 Å². The largest absolute Gasteiger partial charge is 0.450 e. The quantitative estimate of drug-likeness (QED) is 0.680. The van der Waals surface area contributed by atoms with Gasteiger partial charge in [-0.25, -0.2) is 4.79 Å². The van der Waals surface area contributed by atoms with Gasteiger partial charge in [-0.15, -0.1) is 0 Å². The molecule has 2 aliphatic rings. The molecule has 0 bridgehead atoms. The zero-order chi connectivity index (χ0) is 11.5. The highest BCUT2D eigenvalue weighted by atomic mass is 16.6. The van der Waals surface area contributed by atoms with Gasteiger partial charge in [-0.1, -0.05) is 0 Å². The number of carbonyl (C=O) groups excluding carboxylic acids is 1. The highest BCUT2D eigenvalue weighted by molar-refractivity contribution is 5.67. The molecular weight excluding hydrogens is 204 g/mol. The highest BCUT2D eigenvalue weighted by Crippen LogP contribution is 2.29. The summed E-state index contributed by atoms with van der Waals surface area (Å²) in [6.45, 7) is 5.28. The average Bonchev–Trinajstić information content (AvgIpc) is 2.29. The maximum Gasteiger partial charge on any atom is 0.409 e. The molecule has 0 aliphatic carbocycles. The van der Waals surface area contributed by atoms with Gasteiger partial charge in [0, 0.05) is 19.1 Å². The Bertz CT molecular complexity index is 257. The molecule has 0 radical (unpaired) electrons. The zero-order valence-corrected chi connectivity index (χ0v) is 10.3. The van der Waals surface area contributed by atoms with Crippen LogP contribution < -0.4 is 0 Å². The summed E-state index contributed by atoms with van der Waals surface area (Å²) in [5, 5.41) is 0. The Hall–Kier alpha value is -0.770. The van der Waals surface area contributed by atoms with Crippen LogP contribution >= 0.6 is 0 Å². The Balaban J connectivity index is 1.92. The van der Waals surface area contributed by atoms with Crippen molar-refractivity contribution in [3.8, 4) is 0 Å². The number of rotatable bonds is 1. The maximum absolute atomic E-state index is 11.6. The van der Waals surface area contributed by atoms with Crippen LogP contribution in [-0.4, -0.2) is 55.2 Å². The van der Waals surface area contributed by atoms with Gasteiger partial charge in [0.2, 0.25) is 0 Å². The summed E-state index contributed by atoms with van der Waals surface area (Å²) in [4.78, 5) is 16.0. The van der Waals surface area contributed by atoms with E-state index in [0.29, 0.717) is 18.6 Å². The summed E-state index contributed by atoms with van der Waals surface area (Å²) in [5.74, 6) is 0.650. The van der Waals surface area contributed by atoms with Crippen LogP contribution in [0.15, 0.2) is 0 Å². The summed E-state index contributed by atoms with van der Waals surface area (Å²) >= 11 is 0. The van der Waals surface area contributed by atoms with E-state index in [1.807, 2.05) is 11.8 Å². The zero-order valence-electron chi connectivity index (χ0n) is 10.3. The summed E-state index contributed by atoms with van der Waals surface area (Å²) in [7, 11) is 2.21. The molecule has 0 aromatic carbocycles. The molecule has 1 amide bonds. The summed E-state index contributed by atoms with van der Waals surface area (Å²) < 4.78 is 5.06. The summed E-state index contributed by atoms with van der Waals surface area (Å²) in [6, 6.07) is 0.680. The molecule has 2 saturated heterocycles. The fourth-order valence-electron chi connectivity index (χ4n) is 3.03. The predicted octanol–water partition coefficient (Wildman–Crippen LogP) is 1.56. The second kappa shape index (κ2) is 5.04. The number of hydrogen-bond donors (Lipinski definition) is 0. The lowest BCUT2D eigenvalue weighted by Gasteiger charge is -2.45. The second-order valence-corrected chi connectivity index (χ2v) is 4.88. The van der Waals surface area contributed by atoms with Crippen molar-refractivity contribution in [1.82, 2.24) is 9.80 Å². The number of carbonyl (C=O) groups is 1. The normalized spacial score (nSPS) is 31.0. The number of ether oxygens (including phenoxy) is 1. The van der Waals surface area contributed by atoms with Crippen molar-refractivity contribution in [3.63, 3.8) is 0 Å². The van der Waals surface area contributed by atoms with Crippen LogP contribution in [0.2, 0.25) is 0 Å². The molecule has 16 heavy (non-hydrogen) atoms. The Kier molecular flexibility index (Phi) is 3.69. The molecule has 0 aromatic rings. The minimum absolute atomic E-state index is 0.130. The number of piperidine rings is 2. The highest BCUT2D eigenvalue weighted by Gasteiger charge is 2.35. The van der Waals surface area contributed by atoms with Gasteiger partial charge in [-0.05, 0) is 45.7 Å². The van der Waals surface area contributed by atoms with Crippen molar-refractivity contribution in [2.45, 2.75) is 32.2 Å². The van der Waals surface area contributed by atoms with Gasteiger partial charge in [-0.3, -0.25) is 0 Å². The molecule has 2 rings (SSSR count). The second-order valence-electron chi connectivity index (χ2n) is 4.88. The predicted molar refractivity (Wildman–Crippen MR) is 62.4 cm³/mol. The van der Waals surface area contributed by atoms with Gasteiger partial charge in [0.15, 0.2) is 0 Å². The molecule has 2 fully saturated rings. The molecule has 4 nitrogen and oxygen atoms in total. The lowest BCUT2D eigenvalue weighted by atomic mass is 9.84. The molecular formula is C12H22N2O2. The number of hydrogen-bond acceptors (Lipinski definition) is 3. The number of nitrogens with zero attached hydrogens (tertiary/aromatic N) is 2. The lowest BCUT2D eigenvalue weighted by Crippen LogP contribution is -2.54. The van der Waals surface area contributed by atoms with Gasteiger partial charge in [0.05, 0.1) is 6.61 Å². The van der Waals surface area contributed by atoms with Crippen LogP contribution in [0.25, 0.3) is 0 Å². The van der Waals surface area contributed by atoms with E-state index in [0.717, 1.165) is 19.5 Å². The van der Waals surface area contributed by atoms with Gasteiger partial charge in [0.25, 0.3) is 0 Å². The fraction of sp³-hybridized carbons (Fsp3) is 0.917. The van der Waals surface area contributed by atoms with Crippen molar-refractivity contribution in [2.24, 2.45) is 5.92 Å². The molecule has 2 atom stereocenters. The first-order chi connectivity index (χ1) is 7.72. The molecule has 0 N–H and O–H groups in total. The Morgan fingerprint density at radius 2 is 2.19 bits per heavy atom. The smallest absolute Gasteiger partial charge is 0.409 e. The van der Waals surface area contributed by atoms with E-state index in [1.165, 1.54) is 19.4 Å². The third-order valence-corrected chi connectivity index (χ3v) is 3.87. The van der Waals surface area contributed by atoms with Crippen molar-refractivity contribution in [1.29, 1.82) is 0 Å². The van der Waals surface area contributed by atoms with Gasteiger partial charge >= 0.3 is 6.09 Å². The van der Waals surface area contributed by atoms with E-state index in [-0.39, 0.29) is 6.09 Å². The van der Waals surface area contributed by atoms with E-state index in [1.54, 1.807) is 0 Å². The number of amides is 1. The Morgan fingerprint density at radius 3 is 2.94 bits per heavy atom. The summed E-state index contributed by atoms with van der Waals surface area (Å²) in [6.07, 6.45) is 3.48. The molecule has 2 unspecified atom stereocenters. The van der Waals surface area contributed by atoms with Gasteiger partial charge in [-0.2, -0.15) is 0 Å².